The summed E-state index contributed by atoms with van der Waals surface area (Å²) in [6, 6.07) is 3.31. The summed E-state index contributed by atoms with van der Waals surface area (Å²) in [5.74, 6) is -2.38. The second kappa shape index (κ2) is 8.76. The Labute approximate surface area is 164 Å². The number of aliphatic hydroxyl groups is 3. The van der Waals surface area contributed by atoms with Crippen LogP contribution in [0.2, 0.25) is 0 Å². The van der Waals surface area contributed by atoms with E-state index in [1.165, 1.54) is 12.1 Å². The van der Waals surface area contributed by atoms with Crippen molar-refractivity contribution in [1.29, 1.82) is 0 Å². The fourth-order valence-electron chi connectivity index (χ4n) is 2.77. The van der Waals surface area contributed by atoms with E-state index in [0.717, 1.165) is 12.1 Å². The van der Waals surface area contributed by atoms with Gasteiger partial charge in [0.15, 0.2) is 17.8 Å². The van der Waals surface area contributed by atoms with Gasteiger partial charge in [-0.3, -0.25) is 0 Å². The number of esters is 2. The minimum Gasteiger partial charge on any atom is -0.504 e. The summed E-state index contributed by atoms with van der Waals surface area (Å²) in [6.07, 6.45) is -5.98. The highest BCUT2D eigenvalue weighted by atomic mass is 16.7. The number of aromatic hydroxyl groups is 2. The molecule has 11 nitrogen and oxygen atoms in total. The van der Waals surface area contributed by atoms with Crippen molar-refractivity contribution in [3.8, 4) is 11.5 Å². The average molecular weight is 412 g/mol. The summed E-state index contributed by atoms with van der Waals surface area (Å²) in [5, 5.41) is 48.8. The number of phenolic OH excluding ortho intramolecular Hbond substituents is 2. The zero-order valence-corrected chi connectivity index (χ0v) is 15.0. The Morgan fingerprint density at radius 1 is 1.10 bits per heavy atom. The summed E-state index contributed by atoms with van der Waals surface area (Å²) in [5.41, 5.74) is 0.155. The molecule has 3 rings (SSSR count). The lowest BCUT2D eigenvalue weighted by molar-refractivity contribution is -0.298. The zero-order chi connectivity index (χ0) is 21.1. The van der Waals surface area contributed by atoms with Gasteiger partial charge in [-0.25, -0.2) is 9.59 Å². The average Bonchev–Trinajstić information content (AvgIpc) is 3.11. The van der Waals surface area contributed by atoms with Gasteiger partial charge < -0.3 is 44.5 Å². The van der Waals surface area contributed by atoms with Crippen molar-refractivity contribution >= 4 is 11.9 Å². The number of cyclic esters (lactones) is 1. The van der Waals surface area contributed by atoms with Crippen LogP contribution in [0.25, 0.3) is 0 Å². The van der Waals surface area contributed by atoms with Gasteiger partial charge in [0.05, 0.1) is 17.7 Å². The second-order valence-electron chi connectivity index (χ2n) is 6.46. The molecule has 0 unspecified atom stereocenters. The normalized spacial score (nSPS) is 29.3. The van der Waals surface area contributed by atoms with Crippen molar-refractivity contribution in [2.24, 2.45) is 0 Å². The molecule has 158 valence electrons. The van der Waals surface area contributed by atoms with E-state index in [4.69, 9.17) is 18.9 Å². The van der Waals surface area contributed by atoms with Gasteiger partial charge in [0, 0.05) is 0 Å². The standard InChI is InChI=1S/C18H20O11/c19-10-2-1-8(5-11(10)20)16(24)27-7-12-13(21)14(22)15(23)18(29-12)28-6-9-3-4-26-17(9)25/h1-3,5,12-15,18-23H,4,6-7H2/t12-,13-,14+,15-,18-/m1/s1. The fraction of sp³-hybridized carbons (Fsp3) is 0.444. The maximum atomic E-state index is 12.1. The number of rotatable bonds is 6. The number of aliphatic hydroxyl groups excluding tert-OH is 3. The quantitative estimate of drug-likeness (QED) is 0.274. The van der Waals surface area contributed by atoms with Crippen LogP contribution in [-0.4, -0.2) is 88.0 Å². The molecule has 11 heteroatoms. The third-order valence-electron chi connectivity index (χ3n) is 4.47. The van der Waals surface area contributed by atoms with Crippen molar-refractivity contribution in [2.75, 3.05) is 19.8 Å². The Kier molecular flexibility index (Phi) is 6.35. The SMILES string of the molecule is O=C1OCC=C1CO[C@@H]1O[C@H](COC(=O)c2ccc(O)c(O)c2)[C@@H](O)[C@H](O)[C@H]1O. The lowest BCUT2D eigenvalue weighted by atomic mass is 9.99. The molecule has 0 amide bonds. The molecule has 2 aliphatic rings. The van der Waals surface area contributed by atoms with Crippen molar-refractivity contribution in [3.63, 3.8) is 0 Å². The second-order valence-corrected chi connectivity index (χ2v) is 6.46. The number of hydrogen-bond acceptors (Lipinski definition) is 11. The van der Waals surface area contributed by atoms with E-state index in [1.54, 1.807) is 0 Å². The molecule has 0 bridgehead atoms. The minimum absolute atomic E-state index is 0.0642. The van der Waals surface area contributed by atoms with Crippen LogP contribution in [-0.2, 0) is 23.7 Å². The summed E-state index contributed by atoms with van der Waals surface area (Å²) in [6.45, 7) is -0.642. The van der Waals surface area contributed by atoms with Crippen molar-refractivity contribution in [2.45, 2.75) is 30.7 Å². The largest absolute Gasteiger partial charge is 0.504 e. The van der Waals surface area contributed by atoms with Gasteiger partial charge in [0.1, 0.15) is 37.6 Å². The molecule has 5 N–H and O–H groups in total. The van der Waals surface area contributed by atoms with Crippen molar-refractivity contribution in [3.05, 3.63) is 35.4 Å². The summed E-state index contributed by atoms with van der Waals surface area (Å²) in [4.78, 5) is 23.5. The number of hydrogen-bond donors (Lipinski definition) is 5. The lowest BCUT2D eigenvalue weighted by Crippen LogP contribution is -2.59. The third kappa shape index (κ3) is 4.66. The first-order valence-corrected chi connectivity index (χ1v) is 8.64. The molecular weight excluding hydrogens is 392 g/mol. The topological polar surface area (TPSA) is 172 Å². The maximum Gasteiger partial charge on any atom is 0.338 e. The summed E-state index contributed by atoms with van der Waals surface area (Å²) in [7, 11) is 0. The van der Waals surface area contributed by atoms with Crippen LogP contribution < -0.4 is 0 Å². The molecule has 2 aliphatic heterocycles. The van der Waals surface area contributed by atoms with Crippen LogP contribution in [0.5, 0.6) is 11.5 Å². The first-order chi connectivity index (χ1) is 13.8. The highest BCUT2D eigenvalue weighted by molar-refractivity contribution is 5.90. The molecule has 5 atom stereocenters. The molecule has 2 heterocycles. The fourth-order valence-corrected chi connectivity index (χ4v) is 2.77. The van der Waals surface area contributed by atoms with Crippen LogP contribution in [0.4, 0.5) is 0 Å². The molecule has 0 aliphatic carbocycles. The van der Waals surface area contributed by atoms with Crippen LogP contribution in [0, 0.1) is 0 Å². The van der Waals surface area contributed by atoms with Gasteiger partial charge in [-0.05, 0) is 24.3 Å². The van der Waals surface area contributed by atoms with Gasteiger partial charge >= 0.3 is 11.9 Å². The van der Waals surface area contributed by atoms with Crippen LogP contribution in [0.15, 0.2) is 29.8 Å². The van der Waals surface area contributed by atoms with E-state index in [0.29, 0.717) is 0 Å². The molecule has 0 saturated carbocycles. The van der Waals surface area contributed by atoms with E-state index in [1.807, 2.05) is 0 Å². The smallest absolute Gasteiger partial charge is 0.338 e. The summed E-state index contributed by atoms with van der Waals surface area (Å²) >= 11 is 0. The van der Waals surface area contributed by atoms with E-state index >= 15 is 0 Å². The Bertz CT molecular complexity index is 805. The number of phenols is 2. The predicted octanol–water partition coefficient (Wildman–Crippen LogP) is -1.44. The van der Waals surface area contributed by atoms with Gasteiger partial charge in [0.2, 0.25) is 0 Å². The highest BCUT2D eigenvalue weighted by Crippen LogP contribution is 2.26. The predicted molar refractivity (Wildman–Crippen MR) is 91.7 cm³/mol. The Balaban J connectivity index is 1.59. The van der Waals surface area contributed by atoms with E-state index in [2.05, 4.69) is 0 Å². The van der Waals surface area contributed by atoms with Crippen LogP contribution in [0.3, 0.4) is 0 Å². The number of benzene rings is 1. The first-order valence-electron chi connectivity index (χ1n) is 8.64. The van der Waals surface area contributed by atoms with E-state index in [9.17, 15) is 35.1 Å². The lowest BCUT2D eigenvalue weighted by Gasteiger charge is -2.39. The molecule has 0 spiro atoms. The molecule has 29 heavy (non-hydrogen) atoms. The van der Waals surface area contributed by atoms with Gasteiger partial charge in [0.25, 0.3) is 0 Å². The molecule has 0 radical (unpaired) electrons. The van der Waals surface area contributed by atoms with Crippen molar-refractivity contribution in [1.82, 2.24) is 0 Å². The number of carbonyl (C=O) groups is 2. The van der Waals surface area contributed by atoms with E-state index < -0.39 is 60.8 Å². The molecular formula is C18H20O11. The van der Waals surface area contributed by atoms with Gasteiger partial charge in [-0.1, -0.05) is 0 Å². The zero-order valence-electron chi connectivity index (χ0n) is 15.0. The van der Waals surface area contributed by atoms with Gasteiger partial charge in [-0.15, -0.1) is 0 Å². The third-order valence-corrected chi connectivity index (χ3v) is 4.47. The number of carbonyl (C=O) groups excluding carboxylic acids is 2. The number of ether oxygens (including phenoxy) is 4. The first kappa shape index (κ1) is 21.0. The molecule has 1 saturated heterocycles. The minimum atomic E-state index is -1.65. The molecule has 0 aromatic heterocycles. The van der Waals surface area contributed by atoms with Crippen molar-refractivity contribution < 1.29 is 54.1 Å². The molecule has 1 aromatic carbocycles. The van der Waals surface area contributed by atoms with Crippen LogP contribution >= 0.6 is 0 Å². The Morgan fingerprint density at radius 2 is 1.86 bits per heavy atom. The Hall–Kier alpha value is -2.70. The molecule has 1 fully saturated rings. The van der Waals surface area contributed by atoms with Crippen LogP contribution in [0.1, 0.15) is 10.4 Å². The molecule has 1 aromatic rings. The van der Waals surface area contributed by atoms with Gasteiger partial charge in [-0.2, -0.15) is 0 Å². The van der Waals surface area contributed by atoms with E-state index in [-0.39, 0.29) is 24.4 Å². The Morgan fingerprint density at radius 3 is 2.52 bits per heavy atom. The monoisotopic (exact) mass is 412 g/mol. The maximum absolute atomic E-state index is 12.1. The highest BCUT2D eigenvalue weighted by Gasteiger charge is 2.45. The summed E-state index contributed by atoms with van der Waals surface area (Å²) < 4.78 is 20.4.